The van der Waals surface area contributed by atoms with Gasteiger partial charge in [0.15, 0.2) is 0 Å². The molecule has 2 nitrogen and oxygen atoms in total. The number of hydrogen-bond donors (Lipinski definition) is 0. The van der Waals surface area contributed by atoms with Gasteiger partial charge in [0.2, 0.25) is 0 Å². The highest BCUT2D eigenvalue weighted by Crippen LogP contribution is 2.07. The average Bonchev–Trinajstić information content (AvgIpc) is 1.59. The van der Waals surface area contributed by atoms with E-state index in [-0.39, 0.29) is 11.6 Å². The highest BCUT2D eigenvalue weighted by Gasteiger charge is 2.14. The van der Waals surface area contributed by atoms with Crippen molar-refractivity contribution in [2.24, 2.45) is 0 Å². The molecule has 0 aromatic rings. The Bertz CT molecular complexity index is 115. The molecule has 0 saturated carbocycles. The predicted octanol–water partition coefficient (Wildman–Crippen LogP) is 1.50. The molecule has 0 heterocycles. The van der Waals surface area contributed by atoms with Gasteiger partial charge in [-0.3, -0.25) is 4.79 Å². The van der Waals surface area contributed by atoms with Crippen LogP contribution in [0.25, 0.3) is 0 Å². The Hall–Kier alpha value is -0.465. The Morgan fingerprint density at radius 1 is 1.50 bits per heavy atom. The summed E-state index contributed by atoms with van der Waals surface area (Å²) in [5.41, 5.74) is -0.347. The van der Waals surface area contributed by atoms with Crippen molar-refractivity contribution in [3.05, 3.63) is 0 Å². The van der Waals surface area contributed by atoms with Crippen LogP contribution in [0.15, 0.2) is 0 Å². The Kier molecular flexibility index (Phi) is 3.47. The largest absolute Gasteiger partial charge is 0.460 e. The molecule has 3 heteroatoms. The van der Waals surface area contributed by atoms with Crippen LogP contribution in [0.2, 0.25) is 13.1 Å². The van der Waals surface area contributed by atoms with Crippen molar-refractivity contribution < 1.29 is 9.53 Å². The summed E-state index contributed by atoms with van der Waals surface area (Å²) in [5, 5.41) is 0. The molecule has 57 valence electrons. The summed E-state index contributed by atoms with van der Waals surface area (Å²) in [5.74, 6) is -0.157. The molecule has 0 aromatic carbocycles. The summed E-state index contributed by atoms with van der Waals surface area (Å²) < 4.78 is 5.01. The second kappa shape index (κ2) is 3.64. The smallest absolute Gasteiger partial charge is 0.298 e. The second-order valence-corrected chi connectivity index (χ2v) is 3.20. The van der Waals surface area contributed by atoms with Gasteiger partial charge in [-0.1, -0.05) is 6.82 Å². The Morgan fingerprint density at radius 3 is 2.30 bits per heavy atom. The molecule has 0 aliphatic heterocycles. The summed E-state index contributed by atoms with van der Waals surface area (Å²) in [7, 11) is 1.79. The van der Waals surface area contributed by atoms with Crippen LogP contribution in [0.4, 0.5) is 0 Å². The van der Waals surface area contributed by atoms with E-state index in [4.69, 9.17) is 4.74 Å². The zero-order valence-corrected chi connectivity index (χ0v) is 7.10. The molecule has 0 aliphatic carbocycles. The standard InChI is InChI=1S/C7H14BO2/c1-7(2,3)10-6(9)5-8-4/h5H2,1-4H3. The van der Waals surface area contributed by atoms with E-state index in [0.717, 1.165) is 0 Å². The minimum Gasteiger partial charge on any atom is -0.460 e. The molecule has 10 heavy (non-hydrogen) atoms. The fourth-order valence-electron chi connectivity index (χ4n) is 0.550. The van der Waals surface area contributed by atoms with Gasteiger partial charge in [-0.15, -0.1) is 0 Å². The maximum absolute atomic E-state index is 10.8. The van der Waals surface area contributed by atoms with E-state index in [1.54, 1.807) is 7.28 Å². The van der Waals surface area contributed by atoms with Crippen LogP contribution in [0.3, 0.4) is 0 Å². The Morgan fingerprint density at radius 2 is 2.00 bits per heavy atom. The van der Waals surface area contributed by atoms with Gasteiger partial charge in [0.05, 0.1) is 0 Å². The average molecular weight is 141 g/mol. The van der Waals surface area contributed by atoms with Crippen LogP contribution in [0, 0.1) is 0 Å². The number of esters is 1. The molecule has 0 N–H and O–H groups in total. The summed E-state index contributed by atoms with van der Waals surface area (Å²) in [6, 6.07) is 0. The SMILES string of the molecule is C[B]CC(=O)OC(C)(C)C. The molecule has 0 saturated heterocycles. The van der Waals surface area contributed by atoms with E-state index in [2.05, 4.69) is 0 Å². The van der Waals surface area contributed by atoms with E-state index < -0.39 is 0 Å². The third-order valence-corrected chi connectivity index (χ3v) is 0.791. The van der Waals surface area contributed by atoms with Crippen molar-refractivity contribution in [3.63, 3.8) is 0 Å². The molecular formula is C7H14BO2. The van der Waals surface area contributed by atoms with Crippen molar-refractivity contribution in [1.29, 1.82) is 0 Å². The zero-order valence-electron chi connectivity index (χ0n) is 7.10. The number of carbonyl (C=O) groups excluding carboxylic acids is 1. The third kappa shape index (κ3) is 5.67. The van der Waals surface area contributed by atoms with E-state index in [1.807, 2.05) is 27.6 Å². The van der Waals surface area contributed by atoms with Gasteiger partial charge in [-0.25, -0.2) is 0 Å². The number of hydrogen-bond acceptors (Lipinski definition) is 2. The summed E-state index contributed by atoms with van der Waals surface area (Å²) in [6.07, 6.45) is 0.400. The fraction of sp³-hybridized carbons (Fsp3) is 0.857. The first-order valence-corrected chi connectivity index (χ1v) is 3.45. The van der Waals surface area contributed by atoms with Gasteiger partial charge >= 0.3 is 0 Å². The third-order valence-electron chi connectivity index (χ3n) is 0.791. The molecule has 0 rings (SSSR count). The maximum Gasteiger partial charge on any atom is 0.298 e. The quantitative estimate of drug-likeness (QED) is 0.430. The molecule has 0 atom stereocenters. The van der Waals surface area contributed by atoms with Crippen LogP contribution in [-0.2, 0) is 9.53 Å². The fourth-order valence-corrected chi connectivity index (χ4v) is 0.550. The molecule has 1 radical (unpaired) electrons. The predicted molar refractivity (Wildman–Crippen MR) is 42.3 cm³/mol. The lowest BCUT2D eigenvalue weighted by molar-refractivity contribution is -0.151. The minimum atomic E-state index is -0.347. The molecule has 0 unspecified atom stereocenters. The summed E-state index contributed by atoms with van der Waals surface area (Å²) in [4.78, 5) is 10.8. The Balaban J connectivity index is 3.58. The monoisotopic (exact) mass is 141 g/mol. The van der Waals surface area contributed by atoms with Gasteiger partial charge in [0, 0.05) is 6.32 Å². The number of ether oxygens (including phenoxy) is 1. The highest BCUT2D eigenvalue weighted by molar-refractivity contribution is 6.39. The normalized spacial score (nSPS) is 10.8. The van der Waals surface area contributed by atoms with E-state index in [1.165, 1.54) is 0 Å². The number of carbonyl (C=O) groups is 1. The molecule has 0 fully saturated rings. The lowest BCUT2D eigenvalue weighted by atomic mass is 9.78. The van der Waals surface area contributed by atoms with Gasteiger partial charge in [0.1, 0.15) is 12.9 Å². The van der Waals surface area contributed by atoms with Crippen LogP contribution in [0.1, 0.15) is 20.8 Å². The lowest BCUT2D eigenvalue weighted by Gasteiger charge is -2.18. The first kappa shape index (κ1) is 9.53. The highest BCUT2D eigenvalue weighted by atomic mass is 16.6. The minimum absolute atomic E-state index is 0.157. The van der Waals surface area contributed by atoms with Crippen LogP contribution in [0.5, 0.6) is 0 Å². The molecular weight excluding hydrogens is 127 g/mol. The van der Waals surface area contributed by atoms with E-state index in [0.29, 0.717) is 6.32 Å². The van der Waals surface area contributed by atoms with Crippen LogP contribution < -0.4 is 0 Å². The van der Waals surface area contributed by atoms with Crippen molar-refractivity contribution in [3.8, 4) is 0 Å². The zero-order chi connectivity index (χ0) is 8.20. The van der Waals surface area contributed by atoms with Crippen molar-refractivity contribution >= 4 is 13.2 Å². The summed E-state index contributed by atoms with van der Waals surface area (Å²) in [6.45, 7) is 7.42. The molecule has 0 aromatic heterocycles. The first-order chi connectivity index (χ1) is 4.45. The molecule has 0 bridgehead atoms. The van der Waals surface area contributed by atoms with E-state index >= 15 is 0 Å². The van der Waals surface area contributed by atoms with Crippen molar-refractivity contribution in [2.45, 2.75) is 39.5 Å². The van der Waals surface area contributed by atoms with Crippen molar-refractivity contribution in [2.75, 3.05) is 0 Å². The van der Waals surface area contributed by atoms with Gasteiger partial charge in [-0.05, 0) is 20.8 Å². The van der Waals surface area contributed by atoms with Crippen molar-refractivity contribution in [1.82, 2.24) is 0 Å². The van der Waals surface area contributed by atoms with Gasteiger partial charge in [-0.2, -0.15) is 0 Å². The van der Waals surface area contributed by atoms with Crippen LogP contribution in [-0.4, -0.2) is 18.8 Å². The van der Waals surface area contributed by atoms with Gasteiger partial charge < -0.3 is 4.74 Å². The lowest BCUT2D eigenvalue weighted by Crippen LogP contribution is -2.23. The molecule has 0 spiro atoms. The topological polar surface area (TPSA) is 26.3 Å². The first-order valence-electron chi connectivity index (χ1n) is 3.45. The molecule has 0 aliphatic rings. The Labute approximate surface area is 63.2 Å². The van der Waals surface area contributed by atoms with Crippen LogP contribution >= 0.6 is 0 Å². The molecule has 0 amide bonds. The van der Waals surface area contributed by atoms with E-state index in [9.17, 15) is 4.79 Å². The second-order valence-electron chi connectivity index (χ2n) is 3.20. The summed E-state index contributed by atoms with van der Waals surface area (Å²) >= 11 is 0. The number of rotatable bonds is 2. The maximum atomic E-state index is 10.8. The van der Waals surface area contributed by atoms with Gasteiger partial charge in [0.25, 0.3) is 5.97 Å².